The number of nitrogens with one attached hydrogen (secondary N) is 3. The van der Waals surface area contributed by atoms with Crippen LogP contribution < -0.4 is 16.0 Å². The predicted octanol–water partition coefficient (Wildman–Crippen LogP) is 1.71. The summed E-state index contributed by atoms with van der Waals surface area (Å²) in [5, 5.41) is 13.9. The van der Waals surface area contributed by atoms with Gasteiger partial charge in [-0.3, -0.25) is 19.5 Å². The van der Waals surface area contributed by atoms with Gasteiger partial charge in [-0.2, -0.15) is 13.2 Å². The molecule has 0 radical (unpaired) electrons. The zero-order valence-electron chi connectivity index (χ0n) is 14.4. The molecule has 0 unspecified atom stereocenters. The van der Waals surface area contributed by atoms with E-state index in [1.54, 1.807) is 34.1 Å². The van der Waals surface area contributed by atoms with Crippen molar-refractivity contribution in [1.29, 1.82) is 0 Å². The molecule has 2 rings (SSSR count). The third kappa shape index (κ3) is 6.90. The molecule has 0 bridgehead atoms. The van der Waals surface area contributed by atoms with Crippen molar-refractivity contribution in [2.24, 2.45) is 0 Å². The lowest BCUT2D eigenvalue weighted by Gasteiger charge is -2.10. The van der Waals surface area contributed by atoms with Gasteiger partial charge < -0.3 is 10.6 Å². The van der Waals surface area contributed by atoms with Crippen LogP contribution in [0.3, 0.4) is 0 Å². The number of hydrogen-bond acceptors (Lipinski definition) is 6. The van der Waals surface area contributed by atoms with E-state index in [2.05, 4.69) is 15.5 Å². The Morgan fingerprint density at radius 1 is 1.25 bits per heavy atom. The van der Waals surface area contributed by atoms with E-state index in [1.807, 2.05) is 0 Å². The molecule has 0 atom stereocenters. The van der Waals surface area contributed by atoms with Gasteiger partial charge in [-0.05, 0) is 18.2 Å². The highest BCUT2D eigenvalue weighted by Gasteiger charge is 2.28. The van der Waals surface area contributed by atoms with Crippen LogP contribution >= 0.6 is 11.8 Å². The van der Waals surface area contributed by atoms with Crippen molar-refractivity contribution >= 4 is 35.3 Å². The van der Waals surface area contributed by atoms with Crippen molar-refractivity contribution in [2.75, 3.05) is 17.6 Å². The molecular formula is C15H15F3N6O3S. The SMILES string of the molecule is CC(=O)Nc1cccc(-n2cnnc2SCC(=O)NC(=O)NCC(F)(F)F)c1. The highest BCUT2D eigenvalue weighted by atomic mass is 32.2. The first-order valence-electron chi connectivity index (χ1n) is 7.69. The summed E-state index contributed by atoms with van der Waals surface area (Å²) >= 11 is 0.930. The van der Waals surface area contributed by atoms with Crippen molar-refractivity contribution in [3.05, 3.63) is 30.6 Å². The Morgan fingerprint density at radius 2 is 2.00 bits per heavy atom. The number of thioether (sulfide) groups is 1. The summed E-state index contributed by atoms with van der Waals surface area (Å²) in [6.45, 7) is -0.172. The van der Waals surface area contributed by atoms with E-state index in [0.717, 1.165) is 11.8 Å². The van der Waals surface area contributed by atoms with Crippen LogP contribution in [0.15, 0.2) is 35.7 Å². The van der Waals surface area contributed by atoms with Crippen molar-refractivity contribution < 1.29 is 27.6 Å². The second-order valence-corrected chi connectivity index (χ2v) is 6.29. The number of aromatic nitrogens is 3. The number of alkyl halides is 3. The number of carbonyl (C=O) groups excluding carboxylic acids is 3. The van der Waals surface area contributed by atoms with Gasteiger partial charge in [-0.25, -0.2) is 4.79 Å². The third-order valence-corrected chi connectivity index (χ3v) is 3.94. The second kappa shape index (κ2) is 9.21. The zero-order chi connectivity index (χ0) is 20.7. The molecule has 150 valence electrons. The molecule has 13 heteroatoms. The number of carbonyl (C=O) groups is 3. The second-order valence-electron chi connectivity index (χ2n) is 5.35. The summed E-state index contributed by atoms with van der Waals surface area (Å²) in [6.07, 6.45) is -3.18. The molecule has 3 N–H and O–H groups in total. The summed E-state index contributed by atoms with van der Waals surface area (Å²) in [7, 11) is 0. The molecule has 1 aromatic carbocycles. The molecule has 9 nitrogen and oxygen atoms in total. The van der Waals surface area contributed by atoms with Gasteiger partial charge in [0.05, 0.1) is 11.4 Å². The minimum atomic E-state index is -4.57. The van der Waals surface area contributed by atoms with Gasteiger partial charge in [-0.1, -0.05) is 17.8 Å². The molecule has 1 aromatic heterocycles. The first-order valence-corrected chi connectivity index (χ1v) is 8.68. The number of nitrogens with zero attached hydrogens (tertiary/aromatic N) is 3. The molecule has 0 aliphatic rings. The van der Waals surface area contributed by atoms with Crippen LogP contribution in [0.25, 0.3) is 5.69 Å². The van der Waals surface area contributed by atoms with Crippen LogP contribution in [0, 0.1) is 0 Å². The molecule has 0 aliphatic heterocycles. The first-order chi connectivity index (χ1) is 13.1. The summed E-state index contributed by atoms with van der Waals surface area (Å²) < 4.78 is 37.6. The summed E-state index contributed by atoms with van der Waals surface area (Å²) in [6, 6.07) is 5.54. The molecule has 0 fully saturated rings. The van der Waals surface area contributed by atoms with Crippen LogP contribution in [0.5, 0.6) is 0 Å². The lowest BCUT2D eigenvalue weighted by Crippen LogP contribution is -2.43. The Balaban J connectivity index is 1.95. The van der Waals surface area contributed by atoms with E-state index in [-0.39, 0.29) is 11.7 Å². The van der Waals surface area contributed by atoms with Crippen molar-refractivity contribution in [2.45, 2.75) is 18.3 Å². The number of halogens is 3. The van der Waals surface area contributed by atoms with Crippen molar-refractivity contribution in [3.8, 4) is 5.69 Å². The van der Waals surface area contributed by atoms with Gasteiger partial charge in [0, 0.05) is 12.6 Å². The molecule has 2 aromatic rings. The van der Waals surface area contributed by atoms with E-state index in [1.165, 1.54) is 18.6 Å². The number of amides is 4. The van der Waals surface area contributed by atoms with E-state index >= 15 is 0 Å². The van der Waals surface area contributed by atoms with E-state index < -0.39 is 24.7 Å². The minimum Gasteiger partial charge on any atom is -0.329 e. The number of benzene rings is 1. The van der Waals surface area contributed by atoms with Gasteiger partial charge in [0.2, 0.25) is 11.8 Å². The van der Waals surface area contributed by atoms with Crippen LogP contribution in [0.2, 0.25) is 0 Å². The Hall–Kier alpha value is -3.09. The maximum atomic E-state index is 12.0. The van der Waals surface area contributed by atoms with E-state index in [0.29, 0.717) is 16.5 Å². The fraction of sp³-hybridized carbons (Fsp3) is 0.267. The molecule has 1 heterocycles. The molecular weight excluding hydrogens is 401 g/mol. The molecule has 0 saturated heterocycles. The maximum Gasteiger partial charge on any atom is 0.405 e. The zero-order valence-corrected chi connectivity index (χ0v) is 15.2. The van der Waals surface area contributed by atoms with Crippen molar-refractivity contribution in [1.82, 2.24) is 25.4 Å². The molecule has 0 aliphatic carbocycles. The Kier molecular flexibility index (Phi) is 6.98. The smallest absolute Gasteiger partial charge is 0.329 e. The lowest BCUT2D eigenvalue weighted by molar-refractivity contribution is -0.124. The highest BCUT2D eigenvalue weighted by Crippen LogP contribution is 2.21. The van der Waals surface area contributed by atoms with Crippen LogP contribution in [0.4, 0.5) is 23.7 Å². The molecule has 0 saturated carbocycles. The quantitative estimate of drug-likeness (QED) is 0.617. The predicted molar refractivity (Wildman–Crippen MR) is 94.0 cm³/mol. The normalized spacial score (nSPS) is 11.0. The summed E-state index contributed by atoms with van der Waals surface area (Å²) in [4.78, 5) is 34.1. The third-order valence-electron chi connectivity index (χ3n) is 3.00. The fourth-order valence-corrected chi connectivity index (χ4v) is 2.68. The number of anilines is 1. The van der Waals surface area contributed by atoms with Gasteiger partial charge in [0.25, 0.3) is 0 Å². The first kappa shape index (κ1) is 21.2. The van der Waals surface area contributed by atoms with Crippen LogP contribution in [-0.2, 0) is 9.59 Å². The van der Waals surface area contributed by atoms with Gasteiger partial charge >= 0.3 is 12.2 Å². The Morgan fingerprint density at radius 3 is 2.68 bits per heavy atom. The van der Waals surface area contributed by atoms with Gasteiger partial charge in [0.15, 0.2) is 5.16 Å². The average molecular weight is 416 g/mol. The monoisotopic (exact) mass is 416 g/mol. The minimum absolute atomic E-state index is 0.240. The van der Waals surface area contributed by atoms with Gasteiger partial charge in [-0.15, -0.1) is 10.2 Å². The summed E-state index contributed by atoms with van der Waals surface area (Å²) in [5.41, 5.74) is 1.16. The highest BCUT2D eigenvalue weighted by molar-refractivity contribution is 7.99. The Labute approximate surface area is 161 Å². The number of urea groups is 1. The van der Waals surface area contributed by atoms with Crippen LogP contribution in [-0.4, -0.2) is 51.1 Å². The largest absolute Gasteiger partial charge is 0.405 e. The number of rotatable bonds is 6. The average Bonchev–Trinajstić information content (AvgIpc) is 3.06. The van der Waals surface area contributed by atoms with E-state index in [9.17, 15) is 27.6 Å². The molecule has 4 amide bonds. The lowest BCUT2D eigenvalue weighted by atomic mass is 10.2. The number of imide groups is 1. The van der Waals surface area contributed by atoms with Crippen LogP contribution in [0.1, 0.15) is 6.92 Å². The standard InChI is InChI=1S/C15H15F3N6O3S/c1-9(25)21-10-3-2-4-11(5-10)24-8-20-23-14(24)28-6-12(26)22-13(27)19-7-15(16,17)18/h2-5,8H,6-7H2,1H3,(H,21,25)(H2,19,22,26,27). The summed E-state index contributed by atoms with van der Waals surface area (Å²) in [5.74, 6) is -1.31. The topological polar surface area (TPSA) is 118 Å². The molecule has 0 spiro atoms. The Bertz CT molecular complexity index is 871. The van der Waals surface area contributed by atoms with E-state index in [4.69, 9.17) is 0 Å². The molecule has 28 heavy (non-hydrogen) atoms. The fourth-order valence-electron chi connectivity index (χ4n) is 1.95. The maximum absolute atomic E-state index is 12.0. The van der Waals surface area contributed by atoms with Crippen molar-refractivity contribution in [3.63, 3.8) is 0 Å². The van der Waals surface area contributed by atoms with Gasteiger partial charge in [0.1, 0.15) is 12.9 Å². The number of hydrogen-bond donors (Lipinski definition) is 3.